The highest BCUT2D eigenvalue weighted by molar-refractivity contribution is 5.94. The van der Waals surface area contributed by atoms with E-state index in [0.717, 1.165) is 5.69 Å². The SMILES string of the molecule is CN(CC(=O)c1ccco1)Cc1ccccn1. The number of aromatic nitrogens is 1. The summed E-state index contributed by atoms with van der Waals surface area (Å²) in [5, 5.41) is 0. The first-order valence-electron chi connectivity index (χ1n) is 5.41. The van der Waals surface area contributed by atoms with E-state index in [9.17, 15) is 4.79 Å². The van der Waals surface area contributed by atoms with E-state index >= 15 is 0 Å². The molecule has 17 heavy (non-hydrogen) atoms. The number of hydrogen-bond acceptors (Lipinski definition) is 4. The normalized spacial score (nSPS) is 10.7. The zero-order valence-electron chi connectivity index (χ0n) is 9.67. The molecule has 2 aromatic heterocycles. The molecule has 2 rings (SSSR count). The first kappa shape index (κ1) is 11.5. The first-order chi connectivity index (χ1) is 8.25. The lowest BCUT2D eigenvalue weighted by molar-refractivity contribution is 0.0915. The number of furan rings is 1. The maximum absolute atomic E-state index is 11.8. The number of likely N-dealkylation sites (N-methyl/N-ethyl adjacent to an activating group) is 1. The number of rotatable bonds is 5. The molecule has 0 N–H and O–H groups in total. The number of carbonyl (C=O) groups excluding carboxylic acids is 1. The van der Waals surface area contributed by atoms with E-state index in [0.29, 0.717) is 18.8 Å². The molecule has 0 saturated carbocycles. The monoisotopic (exact) mass is 230 g/mol. The quantitative estimate of drug-likeness (QED) is 0.737. The van der Waals surface area contributed by atoms with Gasteiger partial charge in [0.2, 0.25) is 5.78 Å². The fraction of sp³-hybridized carbons (Fsp3) is 0.231. The molecule has 2 aromatic rings. The highest BCUT2D eigenvalue weighted by Crippen LogP contribution is 2.04. The summed E-state index contributed by atoms with van der Waals surface area (Å²) >= 11 is 0. The Morgan fingerprint density at radius 1 is 1.35 bits per heavy atom. The van der Waals surface area contributed by atoms with E-state index < -0.39 is 0 Å². The van der Waals surface area contributed by atoms with Crippen LogP contribution in [0.15, 0.2) is 47.2 Å². The predicted molar refractivity (Wildman–Crippen MR) is 63.6 cm³/mol. The third-order valence-corrected chi connectivity index (χ3v) is 2.37. The van der Waals surface area contributed by atoms with Crippen molar-refractivity contribution >= 4 is 5.78 Å². The molecule has 0 aromatic carbocycles. The van der Waals surface area contributed by atoms with Gasteiger partial charge >= 0.3 is 0 Å². The minimum absolute atomic E-state index is 0.0200. The molecule has 88 valence electrons. The fourth-order valence-corrected chi connectivity index (χ4v) is 1.58. The van der Waals surface area contributed by atoms with Crippen LogP contribution in [0.2, 0.25) is 0 Å². The minimum Gasteiger partial charge on any atom is -0.461 e. The molecule has 0 bridgehead atoms. The first-order valence-corrected chi connectivity index (χ1v) is 5.41. The maximum Gasteiger partial charge on any atom is 0.211 e. The third-order valence-electron chi connectivity index (χ3n) is 2.37. The van der Waals surface area contributed by atoms with Crippen molar-refractivity contribution in [2.45, 2.75) is 6.54 Å². The third kappa shape index (κ3) is 3.26. The second-order valence-electron chi connectivity index (χ2n) is 3.89. The molecular weight excluding hydrogens is 216 g/mol. The number of hydrogen-bond donors (Lipinski definition) is 0. The number of ketones is 1. The van der Waals surface area contributed by atoms with E-state index in [1.54, 1.807) is 18.3 Å². The largest absolute Gasteiger partial charge is 0.461 e. The van der Waals surface area contributed by atoms with Crippen LogP contribution < -0.4 is 0 Å². The summed E-state index contributed by atoms with van der Waals surface area (Å²) in [6.45, 7) is 0.970. The number of pyridine rings is 1. The summed E-state index contributed by atoms with van der Waals surface area (Å²) in [6.07, 6.45) is 3.25. The average Bonchev–Trinajstić information content (AvgIpc) is 2.83. The number of nitrogens with zero attached hydrogens (tertiary/aromatic N) is 2. The van der Waals surface area contributed by atoms with E-state index in [1.807, 2.05) is 30.1 Å². The standard InChI is InChI=1S/C13H14N2O2/c1-15(9-11-5-2-3-7-14-11)10-12(16)13-6-4-8-17-13/h2-8H,9-10H2,1H3. The molecule has 0 saturated heterocycles. The van der Waals surface area contributed by atoms with Gasteiger partial charge in [0.05, 0.1) is 18.5 Å². The molecule has 4 nitrogen and oxygen atoms in total. The molecule has 0 spiro atoms. The van der Waals surface area contributed by atoms with E-state index in [1.165, 1.54) is 6.26 Å². The minimum atomic E-state index is -0.0200. The van der Waals surface area contributed by atoms with Crippen molar-refractivity contribution in [3.8, 4) is 0 Å². The van der Waals surface area contributed by atoms with Crippen LogP contribution in [0.3, 0.4) is 0 Å². The van der Waals surface area contributed by atoms with Gasteiger partial charge in [0, 0.05) is 12.7 Å². The summed E-state index contributed by atoms with van der Waals surface area (Å²) in [5.41, 5.74) is 0.947. The molecule has 2 heterocycles. The molecule has 4 heteroatoms. The van der Waals surface area contributed by atoms with Crippen molar-refractivity contribution in [3.63, 3.8) is 0 Å². The van der Waals surface area contributed by atoms with Crippen LogP contribution in [0.4, 0.5) is 0 Å². The summed E-state index contributed by atoms with van der Waals surface area (Å²) in [6, 6.07) is 9.14. The van der Waals surface area contributed by atoms with Gasteiger partial charge in [-0.2, -0.15) is 0 Å². The molecule has 0 aliphatic rings. The van der Waals surface area contributed by atoms with Crippen molar-refractivity contribution in [1.29, 1.82) is 0 Å². The number of carbonyl (C=O) groups is 1. The molecule has 0 aliphatic heterocycles. The lowest BCUT2D eigenvalue weighted by Crippen LogP contribution is -2.25. The molecule has 0 fully saturated rings. The van der Waals surface area contributed by atoms with Crippen LogP contribution in [-0.4, -0.2) is 29.3 Å². The van der Waals surface area contributed by atoms with E-state index in [2.05, 4.69) is 4.98 Å². The van der Waals surface area contributed by atoms with Gasteiger partial charge in [-0.1, -0.05) is 6.07 Å². The van der Waals surface area contributed by atoms with Crippen molar-refractivity contribution in [2.24, 2.45) is 0 Å². The Morgan fingerprint density at radius 3 is 2.88 bits per heavy atom. The predicted octanol–water partition coefficient (Wildman–Crippen LogP) is 1.99. The van der Waals surface area contributed by atoms with Crippen LogP contribution in [0.5, 0.6) is 0 Å². The lowest BCUT2D eigenvalue weighted by Gasteiger charge is -2.14. The van der Waals surface area contributed by atoms with Gasteiger partial charge in [-0.3, -0.25) is 14.7 Å². The van der Waals surface area contributed by atoms with Crippen molar-refractivity contribution in [2.75, 3.05) is 13.6 Å². The maximum atomic E-state index is 11.8. The van der Waals surface area contributed by atoms with E-state index in [4.69, 9.17) is 4.42 Å². The van der Waals surface area contributed by atoms with Gasteiger partial charge in [0.15, 0.2) is 5.76 Å². The van der Waals surface area contributed by atoms with Crippen LogP contribution in [0.25, 0.3) is 0 Å². The van der Waals surface area contributed by atoms with Gasteiger partial charge in [-0.25, -0.2) is 0 Å². The summed E-state index contributed by atoms with van der Waals surface area (Å²) in [4.78, 5) is 17.9. The highest BCUT2D eigenvalue weighted by atomic mass is 16.3. The Morgan fingerprint density at radius 2 is 2.24 bits per heavy atom. The Bertz CT molecular complexity index is 465. The van der Waals surface area contributed by atoms with Crippen LogP contribution in [0, 0.1) is 0 Å². The smallest absolute Gasteiger partial charge is 0.211 e. The Kier molecular flexibility index (Phi) is 3.67. The highest BCUT2D eigenvalue weighted by Gasteiger charge is 2.12. The van der Waals surface area contributed by atoms with Crippen molar-refractivity contribution < 1.29 is 9.21 Å². The molecule has 0 unspecified atom stereocenters. The zero-order chi connectivity index (χ0) is 12.1. The van der Waals surface area contributed by atoms with E-state index in [-0.39, 0.29) is 5.78 Å². The lowest BCUT2D eigenvalue weighted by atomic mass is 10.2. The molecule has 0 aliphatic carbocycles. The second-order valence-corrected chi connectivity index (χ2v) is 3.89. The van der Waals surface area contributed by atoms with Gasteiger partial charge in [-0.15, -0.1) is 0 Å². The van der Waals surface area contributed by atoms with Crippen molar-refractivity contribution in [1.82, 2.24) is 9.88 Å². The Labute approximate surface area is 99.9 Å². The van der Waals surface area contributed by atoms with Gasteiger partial charge in [-0.05, 0) is 31.3 Å². The molecular formula is C13H14N2O2. The Balaban J connectivity index is 1.90. The summed E-state index contributed by atoms with van der Waals surface area (Å²) in [7, 11) is 1.88. The zero-order valence-corrected chi connectivity index (χ0v) is 9.67. The molecule has 0 atom stereocenters. The van der Waals surface area contributed by atoms with Crippen LogP contribution in [0.1, 0.15) is 16.2 Å². The topological polar surface area (TPSA) is 46.3 Å². The number of Topliss-reactive ketones (excluding diaryl/α,β-unsaturated/α-hetero) is 1. The molecule has 0 radical (unpaired) electrons. The second kappa shape index (κ2) is 5.41. The van der Waals surface area contributed by atoms with Crippen LogP contribution >= 0.6 is 0 Å². The van der Waals surface area contributed by atoms with Crippen molar-refractivity contribution in [3.05, 3.63) is 54.2 Å². The Hall–Kier alpha value is -1.94. The average molecular weight is 230 g/mol. The summed E-state index contributed by atoms with van der Waals surface area (Å²) < 4.78 is 5.05. The van der Waals surface area contributed by atoms with Gasteiger partial charge in [0.25, 0.3) is 0 Å². The molecule has 0 amide bonds. The van der Waals surface area contributed by atoms with Gasteiger partial charge in [0.1, 0.15) is 0 Å². The van der Waals surface area contributed by atoms with Gasteiger partial charge < -0.3 is 4.42 Å². The summed E-state index contributed by atoms with van der Waals surface area (Å²) in [5.74, 6) is 0.381. The fourth-order valence-electron chi connectivity index (χ4n) is 1.58. The van der Waals surface area contributed by atoms with Crippen LogP contribution in [-0.2, 0) is 6.54 Å².